The average Bonchev–Trinajstić information content (AvgIpc) is 2.86. The predicted octanol–water partition coefficient (Wildman–Crippen LogP) is 6.38. The van der Waals surface area contributed by atoms with Gasteiger partial charge < -0.3 is 14.4 Å². The van der Waals surface area contributed by atoms with Crippen LogP contribution in [0.15, 0.2) is 91.0 Å². The van der Waals surface area contributed by atoms with Crippen LogP contribution >= 0.6 is 0 Å². The topological polar surface area (TPSA) is 38.8 Å². The predicted molar refractivity (Wildman–Crippen MR) is 126 cm³/mol. The molecule has 1 unspecified atom stereocenters. The van der Waals surface area contributed by atoms with E-state index in [2.05, 4.69) is 4.74 Å². The van der Waals surface area contributed by atoms with Gasteiger partial charge in [-0.15, -0.1) is 13.2 Å². The molecule has 0 bridgehead atoms. The Bertz CT molecular complexity index is 1350. The lowest BCUT2D eigenvalue weighted by Gasteiger charge is -2.37. The maximum atomic E-state index is 13.8. The molecule has 0 saturated carbocycles. The highest BCUT2D eigenvalue weighted by atomic mass is 19.4. The number of amides is 1. The van der Waals surface area contributed by atoms with Crippen LogP contribution < -0.4 is 9.47 Å². The van der Waals surface area contributed by atoms with E-state index in [0.29, 0.717) is 24.3 Å². The van der Waals surface area contributed by atoms with Crippen LogP contribution in [0.25, 0.3) is 10.8 Å². The van der Waals surface area contributed by atoms with Gasteiger partial charge in [-0.1, -0.05) is 60.7 Å². The Morgan fingerprint density at radius 3 is 2.26 bits per heavy atom. The Kier molecular flexibility index (Phi) is 6.07. The summed E-state index contributed by atoms with van der Waals surface area (Å²) in [6, 6.07) is 26.5. The molecule has 1 amide bonds. The smallest absolute Gasteiger partial charge is 0.491 e. The average molecular weight is 477 g/mol. The van der Waals surface area contributed by atoms with Crippen LogP contribution in [-0.4, -0.2) is 29.8 Å². The fraction of sp³-hybridized carbons (Fsp3) is 0.179. The number of alkyl halides is 3. The molecule has 1 aliphatic heterocycles. The van der Waals surface area contributed by atoms with Gasteiger partial charge in [0.05, 0.1) is 6.04 Å². The first-order valence-corrected chi connectivity index (χ1v) is 11.2. The van der Waals surface area contributed by atoms with Crippen molar-refractivity contribution >= 4 is 16.7 Å². The zero-order valence-electron chi connectivity index (χ0n) is 18.7. The Hall–Kier alpha value is -4.00. The van der Waals surface area contributed by atoms with Gasteiger partial charge in [-0.05, 0) is 58.7 Å². The maximum absolute atomic E-state index is 13.8. The van der Waals surface area contributed by atoms with Gasteiger partial charge in [0, 0.05) is 12.1 Å². The SMILES string of the molecule is O=C(c1cccc2ccccc12)N1Cc2ccccc2CC1COc1ccc(OC(F)(F)F)cc1. The van der Waals surface area contributed by atoms with E-state index in [-0.39, 0.29) is 24.3 Å². The first-order valence-electron chi connectivity index (χ1n) is 11.2. The van der Waals surface area contributed by atoms with E-state index in [9.17, 15) is 18.0 Å². The highest BCUT2D eigenvalue weighted by Gasteiger charge is 2.32. The Morgan fingerprint density at radius 1 is 0.829 bits per heavy atom. The number of hydrogen-bond donors (Lipinski definition) is 0. The molecular formula is C28H22F3NO3. The summed E-state index contributed by atoms with van der Waals surface area (Å²) in [7, 11) is 0. The number of hydrogen-bond acceptors (Lipinski definition) is 3. The molecule has 35 heavy (non-hydrogen) atoms. The molecular weight excluding hydrogens is 455 g/mol. The molecule has 0 N–H and O–H groups in total. The van der Waals surface area contributed by atoms with Crippen LogP contribution in [-0.2, 0) is 13.0 Å². The number of fused-ring (bicyclic) bond motifs is 2. The van der Waals surface area contributed by atoms with Crippen LogP contribution in [0.2, 0.25) is 0 Å². The van der Waals surface area contributed by atoms with Crippen molar-refractivity contribution in [1.29, 1.82) is 0 Å². The van der Waals surface area contributed by atoms with Crippen molar-refractivity contribution < 1.29 is 27.4 Å². The summed E-state index contributed by atoms with van der Waals surface area (Å²) in [6.07, 6.45) is -4.14. The van der Waals surface area contributed by atoms with Gasteiger partial charge in [0.15, 0.2) is 0 Å². The van der Waals surface area contributed by atoms with Crippen LogP contribution in [0.4, 0.5) is 13.2 Å². The van der Waals surface area contributed by atoms with E-state index in [1.165, 1.54) is 24.3 Å². The van der Waals surface area contributed by atoms with E-state index in [0.717, 1.165) is 21.9 Å². The van der Waals surface area contributed by atoms with Gasteiger partial charge in [0.2, 0.25) is 0 Å². The summed E-state index contributed by atoms with van der Waals surface area (Å²) in [5.74, 6) is -0.000949. The quantitative estimate of drug-likeness (QED) is 0.335. The number of carbonyl (C=O) groups excluding carboxylic acids is 1. The molecule has 0 aliphatic carbocycles. The lowest BCUT2D eigenvalue weighted by molar-refractivity contribution is -0.274. The number of ether oxygens (including phenoxy) is 2. The monoisotopic (exact) mass is 477 g/mol. The molecule has 0 aromatic heterocycles. The molecule has 5 rings (SSSR count). The van der Waals surface area contributed by atoms with Crippen LogP contribution in [0, 0.1) is 0 Å². The second-order valence-corrected chi connectivity index (χ2v) is 8.42. The minimum absolute atomic E-state index is 0.0844. The van der Waals surface area contributed by atoms with Gasteiger partial charge >= 0.3 is 6.36 Å². The standard InChI is InChI=1S/C28H22F3NO3/c29-28(30,31)35-24-14-12-23(13-15-24)34-18-22-16-20-7-1-2-8-21(20)17-32(22)27(33)26-11-5-9-19-6-3-4-10-25(19)26/h1-15,22H,16-18H2. The number of carbonyl (C=O) groups is 1. The molecule has 1 aliphatic rings. The molecule has 178 valence electrons. The number of halogens is 3. The summed E-state index contributed by atoms with van der Waals surface area (Å²) >= 11 is 0. The third-order valence-electron chi connectivity index (χ3n) is 6.14. The number of rotatable bonds is 5. The fourth-order valence-corrected chi connectivity index (χ4v) is 4.47. The van der Waals surface area contributed by atoms with Crippen molar-refractivity contribution in [2.75, 3.05) is 6.61 Å². The van der Waals surface area contributed by atoms with Gasteiger partial charge in [-0.25, -0.2) is 0 Å². The maximum Gasteiger partial charge on any atom is 0.573 e. The van der Waals surface area contributed by atoms with E-state index < -0.39 is 6.36 Å². The van der Waals surface area contributed by atoms with Crippen LogP contribution in [0.3, 0.4) is 0 Å². The van der Waals surface area contributed by atoms with Gasteiger partial charge in [0.25, 0.3) is 5.91 Å². The highest BCUT2D eigenvalue weighted by molar-refractivity contribution is 6.07. The number of nitrogens with zero attached hydrogens (tertiary/aromatic N) is 1. The highest BCUT2D eigenvalue weighted by Crippen LogP contribution is 2.29. The van der Waals surface area contributed by atoms with Gasteiger partial charge in [0.1, 0.15) is 18.1 Å². The zero-order chi connectivity index (χ0) is 24.4. The van der Waals surface area contributed by atoms with Gasteiger partial charge in [-0.2, -0.15) is 0 Å². The lowest BCUT2D eigenvalue weighted by atomic mass is 9.93. The summed E-state index contributed by atoms with van der Waals surface area (Å²) in [5, 5.41) is 1.88. The third-order valence-corrected chi connectivity index (χ3v) is 6.14. The molecule has 1 heterocycles. The summed E-state index contributed by atoms with van der Waals surface area (Å²) in [6.45, 7) is 0.648. The first kappa shape index (κ1) is 22.8. The minimum Gasteiger partial charge on any atom is -0.491 e. The Labute approximate surface area is 200 Å². The van der Waals surface area contributed by atoms with Gasteiger partial charge in [-0.3, -0.25) is 4.79 Å². The van der Waals surface area contributed by atoms with Crippen molar-refractivity contribution in [1.82, 2.24) is 4.90 Å². The van der Waals surface area contributed by atoms with Crippen molar-refractivity contribution in [2.45, 2.75) is 25.4 Å². The third kappa shape index (κ3) is 5.09. The van der Waals surface area contributed by atoms with Crippen molar-refractivity contribution in [3.05, 3.63) is 108 Å². The summed E-state index contributed by atoms with van der Waals surface area (Å²) < 4.78 is 47.1. The molecule has 1 atom stereocenters. The van der Waals surface area contributed by atoms with E-state index >= 15 is 0 Å². The Morgan fingerprint density at radius 2 is 1.49 bits per heavy atom. The largest absolute Gasteiger partial charge is 0.573 e. The van der Waals surface area contributed by atoms with E-state index in [4.69, 9.17) is 4.74 Å². The molecule has 0 fully saturated rings. The Balaban J connectivity index is 1.39. The number of benzene rings is 4. The second-order valence-electron chi connectivity index (χ2n) is 8.42. The molecule has 4 nitrogen and oxygen atoms in total. The van der Waals surface area contributed by atoms with Crippen molar-refractivity contribution in [3.63, 3.8) is 0 Å². The molecule has 4 aromatic rings. The first-order chi connectivity index (χ1) is 16.9. The fourth-order valence-electron chi connectivity index (χ4n) is 4.47. The lowest BCUT2D eigenvalue weighted by Crippen LogP contribution is -2.47. The molecule has 7 heteroatoms. The van der Waals surface area contributed by atoms with E-state index in [1.54, 1.807) is 0 Å². The minimum atomic E-state index is -4.75. The van der Waals surface area contributed by atoms with Crippen LogP contribution in [0.1, 0.15) is 21.5 Å². The normalized spacial score (nSPS) is 15.5. The molecule has 0 saturated heterocycles. The van der Waals surface area contributed by atoms with Crippen LogP contribution in [0.5, 0.6) is 11.5 Å². The van der Waals surface area contributed by atoms with E-state index in [1.807, 2.05) is 71.6 Å². The summed E-state index contributed by atoms with van der Waals surface area (Å²) in [4.78, 5) is 15.6. The van der Waals surface area contributed by atoms with Crippen molar-refractivity contribution in [3.8, 4) is 11.5 Å². The zero-order valence-corrected chi connectivity index (χ0v) is 18.7. The second kappa shape index (κ2) is 9.33. The summed E-state index contributed by atoms with van der Waals surface area (Å²) in [5.41, 5.74) is 2.86. The molecule has 0 spiro atoms. The molecule has 0 radical (unpaired) electrons. The van der Waals surface area contributed by atoms with Crippen molar-refractivity contribution in [2.24, 2.45) is 0 Å². The molecule has 4 aromatic carbocycles.